The topological polar surface area (TPSA) is 85.3 Å². The number of hydrogen-bond donors (Lipinski definition) is 1. The normalized spacial score (nSPS) is 11.2. The number of fused-ring (bicyclic) bond motifs is 1. The highest BCUT2D eigenvalue weighted by atomic mass is 16.4. The molecule has 0 atom stereocenters. The minimum Gasteiger partial charge on any atom is -0.481 e. The second-order valence-corrected chi connectivity index (χ2v) is 5.05. The Kier molecular flexibility index (Phi) is 2.97. The highest BCUT2D eigenvalue weighted by Gasteiger charge is 2.17. The molecule has 0 saturated heterocycles. The average molecular weight is 285 g/mol. The van der Waals surface area contributed by atoms with E-state index in [1.165, 1.54) is 6.33 Å². The minimum absolute atomic E-state index is 0.0377. The Morgan fingerprint density at radius 1 is 1.29 bits per heavy atom. The van der Waals surface area contributed by atoms with Crippen LogP contribution in [0.2, 0.25) is 0 Å². The Bertz CT molecular complexity index is 847. The Balaban J connectivity index is 2.24. The molecule has 3 rings (SSSR count). The van der Waals surface area contributed by atoms with Gasteiger partial charge < -0.3 is 5.11 Å². The van der Waals surface area contributed by atoms with Crippen LogP contribution >= 0.6 is 0 Å². The van der Waals surface area contributed by atoms with Crippen molar-refractivity contribution in [1.82, 2.24) is 24.4 Å². The molecule has 0 aliphatic rings. The number of carboxylic acid groups (broad SMARTS) is 1. The molecule has 1 N–H and O–H groups in total. The first-order valence-corrected chi connectivity index (χ1v) is 6.55. The van der Waals surface area contributed by atoms with Crippen LogP contribution in [0.15, 0.2) is 18.5 Å². The van der Waals surface area contributed by atoms with Crippen LogP contribution in [0.25, 0.3) is 11.5 Å². The van der Waals surface area contributed by atoms with Crippen LogP contribution in [0.5, 0.6) is 0 Å². The molecule has 0 amide bonds. The van der Waals surface area contributed by atoms with Crippen LogP contribution in [0.3, 0.4) is 0 Å². The molecule has 0 unspecified atom stereocenters. The number of aromatic nitrogens is 5. The molecule has 0 radical (unpaired) electrons. The summed E-state index contributed by atoms with van der Waals surface area (Å²) in [6.07, 6.45) is 1.45. The van der Waals surface area contributed by atoms with E-state index in [4.69, 9.17) is 5.11 Å². The fourth-order valence-electron chi connectivity index (χ4n) is 2.49. The number of pyridine rings is 1. The number of rotatable bonds is 3. The summed E-state index contributed by atoms with van der Waals surface area (Å²) in [6.45, 7) is 5.65. The van der Waals surface area contributed by atoms with Crippen LogP contribution in [-0.2, 0) is 11.2 Å². The molecule has 21 heavy (non-hydrogen) atoms. The molecule has 0 bridgehead atoms. The maximum Gasteiger partial charge on any atom is 0.307 e. The third-order valence-electron chi connectivity index (χ3n) is 3.49. The van der Waals surface area contributed by atoms with Gasteiger partial charge in [-0.1, -0.05) is 0 Å². The number of carboxylic acids is 1. The Morgan fingerprint density at radius 2 is 2.05 bits per heavy atom. The van der Waals surface area contributed by atoms with E-state index in [9.17, 15) is 4.79 Å². The molecule has 0 aliphatic heterocycles. The van der Waals surface area contributed by atoms with Gasteiger partial charge in [0.1, 0.15) is 6.33 Å². The Hall–Kier alpha value is -2.70. The Morgan fingerprint density at radius 3 is 2.76 bits per heavy atom. The van der Waals surface area contributed by atoms with Crippen molar-refractivity contribution in [2.24, 2.45) is 0 Å². The number of aliphatic carboxylic acids is 1. The first-order chi connectivity index (χ1) is 9.97. The second kappa shape index (κ2) is 4.69. The monoisotopic (exact) mass is 285 g/mol. The smallest absolute Gasteiger partial charge is 0.307 e. The lowest BCUT2D eigenvalue weighted by molar-refractivity contribution is -0.136. The molecule has 0 saturated carbocycles. The van der Waals surface area contributed by atoms with Crippen molar-refractivity contribution in [3.05, 3.63) is 41.0 Å². The van der Waals surface area contributed by atoms with E-state index in [0.717, 1.165) is 28.3 Å². The summed E-state index contributed by atoms with van der Waals surface area (Å²) in [5, 5.41) is 17.7. The molecule has 0 spiro atoms. The van der Waals surface area contributed by atoms with E-state index < -0.39 is 5.97 Å². The highest BCUT2D eigenvalue weighted by molar-refractivity contribution is 5.71. The van der Waals surface area contributed by atoms with Crippen LogP contribution in [0.4, 0.5) is 0 Å². The lowest BCUT2D eigenvalue weighted by Gasteiger charge is -2.08. The van der Waals surface area contributed by atoms with Crippen molar-refractivity contribution in [2.75, 3.05) is 0 Å². The largest absolute Gasteiger partial charge is 0.481 e. The third-order valence-corrected chi connectivity index (χ3v) is 3.49. The van der Waals surface area contributed by atoms with Gasteiger partial charge in [0.05, 0.1) is 12.1 Å². The van der Waals surface area contributed by atoms with Gasteiger partial charge in [-0.2, -0.15) is 14.7 Å². The standard InChI is InChI=1S/C14H15N5O2/c1-8-4-12-15-7-16-19(12)13(5-8)18-10(3)11(6-14(20)21)9(2)17-18/h4-5,7H,6H2,1-3H3,(H,20,21). The number of carbonyl (C=O) groups is 1. The van der Waals surface area contributed by atoms with Crippen molar-refractivity contribution in [1.29, 1.82) is 0 Å². The molecule has 108 valence electrons. The summed E-state index contributed by atoms with van der Waals surface area (Å²) in [5.41, 5.74) is 4.02. The van der Waals surface area contributed by atoms with E-state index >= 15 is 0 Å². The van der Waals surface area contributed by atoms with Crippen molar-refractivity contribution in [3.63, 3.8) is 0 Å². The first-order valence-electron chi connectivity index (χ1n) is 6.55. The fourth-order valence-corrected chi connectivity index (χ4v) is 2.49. The fraction of sp³-hybridized carbons (Fsp3) is 0.286. The van der Waals surface area contributed by atoms with E-state index in [2.05, 4.69) is 15.2 Å². The maximum absolute atomic E-state index is 11.0. The summed E-state index contributed by atoms with van der Waals surface area (Å²) in [4.78, 5) is 15.2. The molecule has 3 aromatic rings. The van der Waals surface area contributed by atoms with Gasteiger partial charge in [0.15, 0.2) is 11.5 Å². The van der Waals surface area contributed by atoms with Crippen LogP contribution in [-0.4, -0.2) is 35.5 Å². The van der Waals surface area contributed by atoms with Gasteiger partial charge >= 0.3 is 5.97 Å². The minimum atomic E-state index is -0.865. The van der Waals surface area contributed by atoms with Gasteiger partial charge in [0.2, 0.25) is 0 Å². The summed E-state index contributed by atoms with van der Waals surface area (Å²) in [7, 11) is 0. The molecule has 7 nitrogen and oxygen atoms in total. The van der Waals surface area contributed by atoms with E-state index in [1.54, 1.807) is 9.20 Å². The quantitative estimate of drug-likeness (QED) is 0.787. The SMILES string of the molecule is Cc1cc(-n2nc(C)c(CC(=O)O)c2C)n2ncnc2c1. The summed E-state index contributed by atoms with van der Waals surface area (Å²) in [6, 6.07) is 3.88. The third kappa shape index (κ3) is 2.16. The number of aryl methyl sites for hydroxylation is 2. The van der Waals surface area contributed by atoms with Crippen LogP contribution in [0.1, 0.15) is 22.5 Å². The summed E-state index contributed by atoms with van der Waals surface area (Å²) in [5.74, 6) is -0.115. The van der Waals surface area contributed by atoms with Crippen molar-refractivity contribution in [3.8, 4) is 5.82 Å². The lowest BCUT2D eigenvalue weighted by atomic mass is 10.1. The molecule has 3 aromatic heterocycles. The van der Waals surface area contributed by atoms with E-state index in [1.807, 2.05) is 32.9 Å². The summed E-state index contributed by atoms with van der Waals surface area (Å²) >= 11 is 0. The van der Waals surface area contributed by atoms with E-state index in [-0.39, 0.29) is 6.42 Å². The molecule has 0 aliphatic carbocycles. The predicted molar refractivity (Wildman–Crippen MR) is 75.7 cm³/mol. The van der Waals surface area contributed by atoms with Gasteiger partial charge in [-0.15, -0.1) is 0 Å². The van der Waals surface area contributed by atoms with E-state index in [0.29, 0.717) is 5.69 Å². The zero-order valence-electron chi connectivity index (χ0n) is 12.0. The average Bonchev–Trinajstić information content (AvgIpc) is 2.97. The van der Waals surface area contributed by atoms with Crippen molar-refractivity contribution in [2.45, 2.75) is 27.2 Å². The maximum atomic E-state index is 11.0. The number of hydrogen-bond acceptors (Lipinski definition) is 4. The molecular formula is C14H15N5O2. The number of nitrogens with zero attached hydrogens (tertiary/aromatic N) is 5. The van der Waals surface area contributed by atoms with Gasteiger partial charge in [-0.3, -0.25) is 4.79 Å². The molecule has 0 aromatic carbocycles. The highest BCUT2D eigenvalue weighted by Crippen LogP contribution is 2.20. The molecule has 0 fully saturated rings. The second-order valence-electron chi connectivity index (χ2n) is 5.05. The Labute approximate surface area is 120 Å². The molecule has 3 heterocycles. The zero-order chi connectivity index (χ0) is 15.1. The van der Waals surface area contributed by atoms with Crippen molar-refractivity contribution < 1.29 is 9.90 Å². The molecule has 7 heteroatoms. The van der Waals surface area contributed by atoms with Gasteiger partial charge in [0.25, 0.3) is 0 Å². The lowest BCUT2D eigenvalue weighted by Crippen LogP contribution is -2.08. The van der Waals surface area contributed by atoms with Crippen LogP contribution in [0, 0.1) is 20.8 Å². The van der Waals surface area contributed by atoms with Gasteiger partial charge in [-0.05, 0) is 38.5 Å². The van der Waals surface area contributed by atoms with Crippen molar-refractivity contribution >= 4 is 11.6 Å². The zero-order valence-corrected chi connectivity index (χ0v) is 12.0. The first kappa shape index (κ1) is 13.3. The predicted octanol–water partition coefficient (Wildman–Crippen LogP) is 1.47. The molecular weight excluding hydrogens is 270 g/mol. The summed E-state index contributed by atoms with van der Waals surface area (Å²) < 4.78 is 3.42. The van der Waals surface area contributed by atoms with Gasteiger partial charge in [0, 0.05) is 11.3 Å². The van der Waals surface area contributed by atoms with Gasteiger partial charge in [-0.25, -0.2) is 9.67 Å². The van der Waals surface area contributed by atoms with Crippen LogP contribution < -0.4 is 0 Å².